The minimum atomic E-state index is -0.157. The molecule has 0 bridgehead atoms. The summed E-state index contributed by atoms with van der Waals surface area (Å²) in [7, 11) is 0. The van der Waals surface area contributed by atoms with E-state index in [-0.39, 0.29) is 11.7 Å². The van der Waals surface area contributed by atoms with Gasteiger partial charge in [0.25, 0.3) is 0 Å². The zero-order valence-electron chi connectivity index (χ0n) is 12.5. The predicted octanol–water partition coefficient (Wildman–Crippen LogP) is 3.18. The van der Waals surface area contributed by atoms with Crippen LogP contribution in [0.25, 0.3) is 5.70 Å². The Morgan fingerprint density at radius 2 is 2.04 bits per heavy atom. The van der Waals surface area contributed by atoms with Gasteiger partial charge in [0.1, 0.15) is 11.6 Å². The monoisotopic (exact) mass is 325 g/mol. The smallest absolute Gasteiger partial charge is 0.222 e. The molecule has 1 amide bonds. The molecule has 0 spiro atoms. The number of benzene rings is 1. The van der Waals surface area contributed by atoms with E-state index in [1.807, 2.05) is 17.5 Å². The van der Waals surface area contributed by atoms with Crippen LogP contribution in [0.3, 0.4) is 0 Å². The molecule has 0 saturated carbocycles. The maximum atomic E-state index is 11.3. The summed E-state index contributed by atoms with van der Waals surface area (Å²) in [6.45, 7) is 1.46. The van der Waals surface area contributed by atoms with E-state index >= 15 is 0 Å². The summed E-state index contributed by atoms with van der Waals surface area (Å²) in [4.78, 5) is 21.4. The van der Waals surface area contributed by atoms with E-state index in [4.69, 9.17) is 4.99 Å². The van der Waals surface area contributed by atoms with E-state index in [0.717, 1.165) is 16.2 Å². The summed E-state index contributed by atoms with van der Waals surface area (Å²) in [5.74, 6) is 0.613. The first-order valence-electron chi connectivity index (χ1n) is 7.07. The zero-order chi connectivity index (χ0) is 16.2. The van der Waals surface area contributed by atoms with Crippen molar-refractivity contribution in [3.05, 3.63) is 58.4 Å². The maximum Gasteiger partial charge on any atom is 0.222 e. The molecule has 0 saturated heterocycles. The number of phenols is 1. The SMILES string of the molecule is CC(=O)NC1=NC=C(c2ccc(O)cc2)N=C(c2cccs2)C1. The van der Waals surface area contributed by atoms with Crippen LogP contribution < -0.4 is 5.32 Å². The molecule has 116 valence electrons. The fourth-order valence-corrected chi connectivity index (χ4v) is 2.91. The van der Waals surface area contributed by atoms with Gasteiger partial charge in [-0.2, -0.15) is 0 Å². The van der Waals surface area contributed by atoms with Crippen molar-refractivity contribution in [3.63, 3.8) is 0 Å². The summed E-state index contributed by atoms with van der Waals surface area (Å²) in [6, 6.07) is 10.8. The second-order valence-electron chi connectivity index (χ2n) is 5.03. The van der Waals surface area contributed by atoms with Crippen molar-refractivity contribution in [2.45, 2.75) is 13.3 Å². The molecule has 2 heterocycles. The molecule has 0 aliphatic carbocycles. The van der Waals surface area contributed by atoms with Crippen LogP contribution in [0.2, 0.25) is 0 Å². The van der Waals surface area contributed by atoms with E-state index in [9.17, 15) is 9.90 Å². The van der Waals surface area contributed by atoms with Gasteiger partial charge in [-0.3, -0.25) is 4.79 Å². The highest BCUT2D eigenvalue weighted by atomic mass is 32.1. The Hall–Kier alpha value is -2.73. The molecule has 2 aromatic rings. The van der Waals surface area contributed by atoms with E-state index in [2.05, 4.69) is 10.3 Å². The second-order valence-corrected chi connectivity index (χ2v) is 5.98. The number of amidine groups is 1. The number of nitrogens with one attached hydrogen (secondary N) is 1. The van der Waals surface area contributed by atoms with Crippen LogP contribution in [0.1, 0.15) is 23.8 Å². The third kappa shape index (κ3) is 3.73. The number of aromatic hydroxyl groups is 1. The minimum Gasteiger partial charge on any atom is -0.508 e. The number of aliphatic imine (C=N–C) groups is 2. The molecular formula is C17H15N3O2S. The standard InChI is InChI=1S/C17H15N3O2S/c1-11(21)19-17-9-14(16-3-2-8-23-16)20-15(10-18-17)12-4-6-13(22)7-5-12/h2-8,10,22H,9H2,1H3,(H,18,19,21). The molecule has 0 radical (unpaired) electrons. The predicted molar refractivity (Wildman–Crippen MR) is 92.8 cm³/mol. The summed E-state index contributed by atoms with van der Waals surface area (Å²) in [6.07, 6.45) is 2.09. The van der Waals surface area contributed by atoms with Gasteiger partial charge in [-0.1, -0.05) is 6.07 Å². The fourth-order valence-electron chi connectivity index (χ4n) is 2.19. The van der Waals surface area contributed by atoms with Crippen LogP contribution in [-0.2, 0) is 4.79 Å². The van der Waals surface area contributed by atoms with Gasteiger partial charge in [-0.05, 0) is 35.7 Å². The van der Waals surface area contributed by atoms with Gasteiger partial charge in [0.15, 0.2) is 0 Å². The molecule has 0 unspecified atom stereocenters. The first-order valence-corrected chi connectivity index (χ1v) is 7.95. The minimum absolute atomic E-state index is 0.157. The fraction of sp³-hybridized carbons (Fsp3) is 0.118. The molecule has 0 fully saturated rings. The van der Waals surface area contributed by atoms with Gasteiger partial charge >= 0.3 is 0 Å². The molecule has 1 aliphatic heterocycles. The van der Waals surface area contributed by atoms with Crippen molar-refractivity contribution >= 4 is 34.5 Å². The lowest BCUT2D eigenvalue weighted by molar-refractivity contribution is -0.117. The Kier molecular flexibility index (Phi) is 4.34. The maximum absolute atomic E-state index is 11.3. The topological polar surface area (TPSA) is 74.0 Å². The summed E-state index contributed by atoms with van der Waals surface area (Å²) < 4.78 is 0. The van der Waals surface area contributed by atoms with Crippen molar-refractivity contribution in [1.82, 2.24) is 5.32 Å². The molecule has 3 rings (SSSR count). The Bertz CT molecular complexity index is 803. The van der Waals surface area contributed by atoms with E-state index in [1.165, 1.54) is 6.92 Å². The first kappa shape index (κ1) is 15.2. The van der Waals surface area contributed by atoms with Crippen LogP contribution in [0.5, 0.6) is 5.75 Å². The molecular weight excluding hydrogens is 310 g/mol. The third-order valence-corrected chi connectivity index (χ3v) is 4.14. The number of hydrogen-bond donors (Lipinski definition) is 2. The van der Waals surface area contributed by atoms with Gasteiger partial charge in [-0.25, -0.2) is 9.98 Å². The largest absolute Gasteiger partial charge is 0.508 e. The summed E-state index contributed by atoms with van der Waals surface area (Å²) in [5.41, 5.74) is 2.39. The molecule has 1 aliphatic rings. The molecule has 5 nitrogen and oxygen atoms in total. The second kappa shape index (κ2) is 6.58. The third-order valence-electron chi connectivity index (χ3n) is 3.22. The number of amides is 1. The van der Waals surface area contributed by atoms with Gasteiger partial charge in [0.2, 0.25) is 5.91 Å². The van der Waals surface area contributed by atoms with Crippen molar-refractivity contribution in [2.24, 2.45) is 9.98 Å². The average Bonchev–Trinajstić information content (AvgIpc) is 2.97. The molecule has 0 atom stereocenters. The lowest BCUT2D eigenvalue weighted by Gasteiger charge is -2.06. The number of rotatable bonds is 2. The molecule has 23 heavy (non-hydrogen) atoms. The Balaban J connectivity index is 2.02. The highest BCUT2D eigenvalue weighted by molar-refractivity contribution is 7.12. The summed E-state index contributed by atoms with van der Waals surface area (Å²) >= 11 is 1.59. The quantitative estimate of drug-likeness (QED) is 0.890. The number of nitrogens with zero attached hydrogens (tertiary/aromatic N) is 2. The number of thiophene rings is 1. The highest BCUT2D eigenvalue weighted by Crippen LogP contribution is 2.24. The molecule has 1 aromatic carbocycles. The van der Waals surface area contributed by atoms with Crippen LogP contribution in [0.15, 0.2) is 58.0 Å². The Morgan fingerprint density at radius 3 is 2.70 bits per heavy atom. The lowest BCUT2D eigenvalue weighted by Crippen LogP contribution is -2.29. The van der Waals surface area contributed by atoms with Gasteiger partial charge in [-0.15, -0.1) is 11.3 Å². The molecule has 1 aromatic heterocycles. The highest BCUT2D eigenvalue weighted by Gasteiger charge is 2.15. The van der Waals surface area contributed by atoms with Gasteiger partial charge in [0, 0.05) is 23.8 Å². The van der Waals surface area contributed by atoms with Crippen molar-refractivity contribution in [1.29, 1.82) is 0 Å². The molecule has 2 N–H and O–H groups in total. The number of carbonyl (C=O) groups excluding carboxylic acids is 1. The lowest BCUT2D eigenvalue weighted by atomic mass is 10.1. The van der Waals surface area contributed by atoms with Crippen LogP contribution in [0.4, 0.5) is 0 Å². The van der Waals surface area contributed by atoms with Gasteiger partial charge < -0.3 is 10.4 Å². The van der Waals surface area contributed by atoms with E-state index in [0.29, 0.717) is 18.0 Å². The number of carbonyl (C=O) groups is 1. The van der Waals surface area contributed by atoms with E-state index in [1.54, 1.807) is 41.8 Å². The van der Waals surface area contributed by atoms with Crippen LogP contribution in [0, 0.1) is 0 Å². The average molecular weight is 325 g/mol. The number of phenolic OH excluding ortho intramolecular Hbond substituents is 1. The normalized spacial score (nSPS) is 14.4. The van der Waals surface area contributed by atoms with Crippen molar-refractivity contribution in [3.8, 4) is 5.75 Å². The van der Waals surface area contributed by atoms with Crippen molar-refractivity contribution < 1.29 is 9.90 Å². The number of hydrogen-bond acceptors (Lipinski definition) is 5. The van der Waals surface area contributed by atoms with Crippen LogP contribution >= 0.6 is 11.3 Å². The van der Waals surface area contributed by atoms with E-state index < -0.39 is 0 Å². The zero-order valence-corrected chi connectivity index (χ0v) is 13.3. The van der Waals surface area contributed by atoms with Crippen molar-refractivity contribution in [2.75, 3.05) is 0 Å². The van der Waals surface area contributed by atoms with Crippen LogP contribution in [-0.4, -0.2) is 22.6 Å². The Morgan fingerprint density at radius 1 is 1.26 bits per heavy atom. The van der Waals surface area contributed by atoms with Gasteiger partial charge in [0.05, 0.1) is 17.6 Å². The summed E-state index contributed by atoms with van der Waals surface area (Å²) in [5, 5.41) is 14.2. The first-order chi connectivity index (χ1) is 11.1. The Labute approximate surface area is 137 Å². The molecule has 6 heteroatoms.